The third-order valence-electron chi connectivity index (χ3n) is 2.51. The van der Waals surface area contributed by atoms with E-state index in [1.54, 1.807) is 0 Å². The molecule has 2 N–H and O–H groups in total. The van der Waals surface area contributed by atoms with E-state index in [4.69, 9.17) is 0 Å². The first-order valence-corrected chi connectivity index (χ1v) is 4.17. The summed E-state index contributed by atoms with van der Waals surface area (Å²) in [5.74, 6) is 0. The molecule has 1 unspecified atom stereocenters. The van der Waals surface area contributed by atoms with E-state index in [0.717, 1.165) is 0 Å². The molecule has 0 saturated carbocycles. The molecule has 1 aliphatic heterocycles. The van der Waals surface area contributed by atoms with Crippen molar-refractivity contribution in [2.24, 2.45) is 0 Å². The Morgan fingerprint density at radius 1 is 1.45 bits per heavy atom. The van der Waals surface area contributed by atoms with Crippen LogP contribution in [-0.2, 0) is 0 Å². The first-order valence-electron chi connectivity index (χ1n) is 4.17. The van der Waals surface area contributed by atoms with Crippen molar-refractivity contribution >= 4 is 0 Å². The van der Waals surface area contributed by atoms with Crippen molar-refractivity contribution < 1.29 is 0 Å². The van der Waals surface area contributed by atoms with Crippen LogP contribution in [0.25, 0.3) is 0 Å². The summed E-state index contributed by atoms with van der Waals surface area (Å²) in [6, 6.07) is 0.626. The summed E-state index contributed by atoms with van der Waals surface area (Å²) in [5, 5.41) is 3.41. The normalized spacial score (nSPS) is 23.3. The summed E-state index contributed by atoms with van der Waals surface area (Å²) < 4.78 is 0. The molecule has 1 atom stereocenters. The van der Waals surface area contributed by atoms with Crippen LogP contribution in [0.15, 0.2) is 6.20 Å². The fourth-order valence-electron chi connectivity index (χ4n) is 1.74. The Labute approximate surface area is 67.0 Å². The van der Waals surface area contributed by atoms with E-state index in [-0.39, 0.29) is 0 Å². The van der Waals surface area contributed by atoms with Crippen LogP contribution in [0, 0.1) is 13.8 Å². The van der Waals surface area contributed by atoms with Gasteiger partial charge in [0.15, 0.2) is 0 Å². The topological polar surface area (TPSA) is 27.8 Å². The molecule has 0 bridgehead atoms. The predicted molar refractivity (Wildman–Crippen MR) is 45.6 cm³/mol. The minimum Gasteiger partial charge on any atom is -0.365 e. The summed E-state index contributed by atoms with van der Waals surface area (Å²) in [6.07, 6.45) is 3.38. The van der Waals surface area contributed by atoms with E-state index >= 15 is 0 Å². The van der Waals surface area contributed by atoms with Crippen LogP contribution in [0.1, 0.15) is 29.3 Å². The fourth-order valence-corrected chi connectivity index (χ4v) is 1.74. The summed E-state index contributed by atoms with van der Waals surface area (Å²) in [5.41, 5.74) is 4.19. The predicted octanol–water partition coefficient (Wildman–Crippen LogP) is 1.67. The van der Waals surface area contributed by atoms with E-state index in [1.165, 1.54) is 29.8 Å². The molecule has 0 aliphatic carbocycles. The lowest BCUT2D eigenvalue weighted by atomic mass is 9.95. The highest BCUT2D eigenvalue weighted by Gasteiger charge is 2.22. The summed E-state index contributed by atoms with van der Waals surface area (Å²) in [7, 11) is 0. The zero-order chi connectivity index (χ0) is 7.84. The number of hydrogen-bond donors (Lipinski definition) is 2. The minimum absolute atomic E-state index is 0.626. The number of aromatic amines is 1. The Bertz CT molecular complexity index is 239. The first-order chi connectivity index (χ1) is 5.29. The molecule has 2 heterocycles. The van der Waals surface area contributed by atoms with Crippen molar-refractivity contribution in [2.45, 2.75) is 26.3 Å². The van der Waals surface area contributed by atoms with Gasteiger partial charge in [0.25, 0.3) is 0 Å². The Kier molecular flexibility index (Phi) is 1.50. The maximum atomic E-state index is 3.41. The molecule has 2 rings (SSSR count). The number of aryl methyl sites for hydroxylation is 2. The molecule has 2 heteroatoms. The average molecular weight is 150 g/mol. The fraction of sp³-hybridized carbons (Fsp3) is 0.556. The van der Waals surface area contributed by atoms with Crippen molar-refractivity contribution in [3.63, 3.8) is 0 Å². The van der Waals surface area contributed by atoms with Gasteiger partial charge in [-0.1, -0.05) is 0 Å². The number of rotatable bonds is 1. The largest absolute Gasteiger partial charge is 0.365 e. The third-order valence-corrected chi connectivity index (χ3v) is 2.51. The van der Waals surface area contributed by atoms with Gasteiger partial charge in [-0.15, -0.1) is 0 Å². The molecule has 0 aromatic carbocycles. The molecule has 2 nitrogen and oxygen atoms in total. The van der Waals surface area contributed by atoms with E-state index in [9.17, 15) is 0 Å². The molecule has 11 heavy (non-hydrogen) atoms. The van der Waals surface area contributed by atoms with Crippen LogP contribution >= 0.6 is 0 Å². The molecule has 0 spiro atoms. The number of H-pyrrole nitrogens is 1. The molecule has 0 radical (unpaired) electrons. The van der Waals surface area contributed by atoms with Crippen LogP contribution in [0.2, 0.25) is 0 Å². The van der Waals surface area contributed by atoms with E-state index in [1.807, 2.05) is 0 Å². The van der Waals surface area contributed by atoms with Crippen molar-refractivity contribution in [1.82, 2.24) is 10.3 Å². The molecule has 60 valence electrons. The monoisotopic (exact) mass is 150 g/mol. The Balaban J connectivity index is 2.33. The highest BCUT2D eigenvalue weighted by molar-refractivity contribution is 5.33. The van der Waals surface area contributed by atoms with Gasteiger partial charge in [-0.25, -0.2) is 0 Å². The number of nitrogens with one attached hydrogen (secondary N) is 2. The first kappa shape index (κ1) is 6.92. The molecule has 1 aliphatic rings. The lowest BCUT2D eigenvalue weighted by Gasteiger charge is -2.28. The van der Waals surface area contributed by atoms with Crippen LogP contribution in [0.5, 0.6) is 0 Å². The second kappa shape index (κ2) is 2.38. The highest BCUT2D eigenvalue weighted by Crippen LogP contribution is 2.27. The summed E-state index contributed by atoms with van der Waals surface area (Å²) in [6.45, 7) is 5.48. The van der Waals surface area contributed by atoms with E-state index < -0.39 is 0 Å². The SMILES string of the molecule is Cc1c[nH]c(C)c1C1CCN1. The second-order valence-corrected chi connectivity index (χ2v) is 3.31. The smallest absolute Gasteiger partial charge is 0.0352 e. The van der Waals surface area contributed by atoms with Crippen LogP contribution in [-0.4, -0.2) is 11.5 Å². The van der Waals surface area contributed by atoms with Crippen LogP contribution < -0.4 is 5.32 Å². The number of aromatic nitrogens is 1. The minimum atomic E-state index is 0.626. The Morgan fingerprint density at radius 2 is 2.18 bits per heavy atom. The summed E-state index contributed by atoms with van der Waals surface area (Å²) >= 11 is 0. The van der Waals surface area contributed by atoms with Gasteiger partial charge in [0.05, 0.1) is 0 Å². The van der Waals surface area contributed by atoms with Crippen molar-refractivity contribution in [3.8, 4) is 0 Å². The van der Waals surface area contributed by atoms with Crippen molar-refractivity contribution in [3.05, 3.63) is 23.0 Å². The van der Waals surface area contributed by atoms with Gasteiger partial charge in [0, 0.05) is 17.9 Å². The zero-order valence-electron chi connectivity index (χ0n) is 7.07. The lowest BCUT2D eigenvalue weighted by molar-refractivity contribution is 0.381. The van der Waals surface area contributed by atoms with Crippen molar-refractivity contribution in [2.75, 3.05) is 6.54 Å². The maximum Gasteiger partial charge on any atom is 0.0352 e. The average Bonchev–Trinajstić information content (AvgIpc) is 2.15. The van der Waals surface area contributed by atoms with Gasteiger partial charge < -0.3 is 10.3 Å². The van der Waals surface area contributed by atoms with Crippen LogP contribution in [0.3, 0.4) is 0 Å². The Morgan fingerprint density at radius 3 is 2.55 bits per heavy atom. The molecular weight excluding hydrogens is 136 g/mol. The molecule has 0 amide bonds. The second-order valence-electron chi connectivity index (χ2n) is 3.31. The quantitative estimate of drug-likeness (QED) is 0.626. The van der Waals surface area contributed by atoms with Gasteiger partial charge >= 0.3 is 0 Å². The standard InChI is InChI=1S/C9H14N2/c1-6-5-11-7(2)9(6)8-3-4-10-8/h5,8,10-11H,3-4H2,1-2H3. The van der Waals surface area contributed by atoms with Gasteiger partial charge in [-0.2, -0.15) is 0 Å². The van der Waals surface area contributed by atoms with Crippen molar-refractivity contribution in [1.29, 1.82) is 0 Å². The molecule has 1 aromatic rings. The Hall–Kier alpha value is -0.760. The lowest BCUT2D eigenvalue weighted by Crippen LogP contribution is -2.35. The van der Waals surface area contributed by atoms with Gasteiger partial charge in [-0.3, -0.25) is 0 Å². The molecule has 1 aromatic heterocycles. The summed E-state index contributed by atoms with van der Waals surface area (Å²) in [4.78, 5) is 3.25. The zero-order valence-corrected chi connectivity index (χ0v) is 7.07. The van der Waals surface area contributed by atoms with Gasteiger partial charge in [-0.05, 0) is 37.9 Å². The number of hydrogen-bond acceptors (Lipinski definition) is 1. The third kappa shape index (κ3) is 0.979. The molecular formula is C9H14N2. The van der Waals surface area contributed by atoms with Gasteiger partial charge in [0.2, 0.25) is 0 Å². The maximum absolute atomic E-state index is 3.41. The van der Waals surface area contributed by atoms with Crippen LogP contribution in [0.4, 0.5) is 0 Å². The van der Waals surface area contributed by atoms with E-state index in [2.05, 4.69) is 30.3 Å². The molecule has 1 fully saturated rings. The van der Waals surface area contributed by atoms with E-state index in [0.29, 0.717) is 6.04 Å². The highest BCUT2D eigenvalue weighted by atomic mass is 15.0. The molecule has 1 saturated heterocycles. The van der Waals surface area contributed by atoms with Gasteiger partial charge in [0.1, 0.15) is 0 Å².